The molecule has 0 radical (unpaired) electrons. The van der Waals surface area contributed by atoms with Gasteiger partial charge in [-0.2, -0.15) is 0 Å². The van der Waals surface area contributed by atoms with Gasteiger partial charge in [0.2, 0.25) is 5.91 Å². The number of nitrogens with two attached hydrogens (primary N) is 1. The fraction of sp³-hybridized carbons (Fsp3) is 0.381. The Morgan fingerprint density at radius 3 is 2.61 bits per heavy atom. The number of likely N-dealkylation sites (tertiary alicyclic amines) is 1. The van der Waals surface area contributed by atoms with Gasteiger partial charge in [0.05, 0.1) is 12.2 Å². The fourth-order valence-corrected chi connectivity index (χ4v) is 3.68. The second-order valence-corrected chi connectivity index (χ2v) is 7.81. The Balaban J connectivity index is 1.66. The maximum atomic E-state index is 12.7. The van der Waals surface area contributed by atoms with Crippen LogP contribution in [0.15, 0.2) is 42.6 Å². The van der Waals surface area contributed by atoms with Gasteiger partial charge in [-0.3, -0.25) is 14.6 Å². The zero-order valence-corrected chi connectivity index (χ0v) is 16.6. The third kappa shape index (κ3) is 5.01. The normalized spacial score (nSPS) is 15.9. The molecular weight excluding hydrogens is 378 g/mol. The smallest absolute Gasteiger partial charge is 0.255 e. The van der Waals surface area contributed by atoms with Crippen molar-refractivity contribution in [3.8, 4) is 5.75 Å². The summed E-state index contributed by atoms with van der Waals surface area (Å²) in [7, 11) is 0. The number of carbonyl (C=O) groups is 2. The molecule has 1 aliphatic rings. The summed E-state index contributed by atoms with van der Waals surface area (Å²) in [6.45, 7) is 3.31. The zero-order chi connectivity index (χ0) is 20.1. The highest BCUT2D eigenvalue weighted by Crippen LogP contribution is 2.36. The Morgan fingerprint density at radius 2 is 2.00 bits per heavy atom. The number of aromatic nitrogens is 1. The largest absolute Gasteiger partial charge is 0.493 e. The number of hydrogen-bond acceptors (Lipinski definition) is 4. The van der Waals surface area contributed by atoms with Gasteiger partial charge in [0, 0.05) is 41.8 Å². The molecule has 1 aromatic carbocycles. The molecule has 2 amide bonds. The number of nitrogens with zero attached hydrogens (tertiary/aromatic N) is 2. The van der Waals surface area contributed by atoms with E-state index in [2.05, 4.69) is 4.98 Å². The number of benzene rings is 1. The lowest BCUT2D eigenvalue weighted by Gasteiger charge is -2.41. The predicted molar refractivity (Wildman–Crippen MR) is 107 cm³/mol. The molecule has 0 aliphatic carbocycles. The number of amides is 2. The van der Waals surface area contributed by atoms with Gasteiger partial charge in [-0.25, -0.2) is 0 Å². The molecule has 3 rings (SSSR count). The monoisotopic (exact) mass is 401 g/mol. The molecule has 1 fully saturated rings. The summed E-state index contributed by atoms with van der Waals surface area (Å²) in [5, 5.41) is 0.591. The van der Waals surface area contributed by atoms with E-state index in [0.717, 1.165) is 5.69 Å². The maximum absolute atomic E-state index is 12.7. The summed E-state index contributed by atoms with van der Waals surface area (Å²) < 4.78 is 5.92. The molecule has 0 atom stereocenters. The first kappa shape index (κ1) is 20.1. The van der Waals surface area contributed by atoms with Crippen molar-refractivity contribution in [2.24, 2.45) is 11.1 Å². The van der Waals surface area contributed by atoms with Crippen LogP contribution in [0.2, 0.25) is 5.02 Å². The standard InChI is InChI=1S/C21H24ClN3O3/c1-15-5-6-16(13-24-15)20(27)25-9-7-21(8-10-25,12-19(23)26)14-28-18-4-2-3-17(22)11-18/h2-6,11,13H,7-10,12,14H2,1H3,(H2,23,26). The third-order valence-corrected chi connectivity index (χ3v) is 5.40. The second-order valence-electron chi connectivity index (χ2n) is 7.37. The van der Waals surface area contributed by atoms with Crippen molar-refractivity contribution < 1.29 is 14.3 Å². The summed E-state index contributed by atoms with van der Waals surface area (Å²) in [4.78, 5) is 30.4. The van der Waals surface area contributed by atoms with E-state index in [0.29, 0.717) is 48.9 Å². The van der Waals surface area contributed by atoms with Crippen LogP contribution < -0.4 is 10.5 Å². The summed E-state index contributed by atoms with van der Waals surface area (Å²) in [5.74, 6) is 0.244. The van der Waals surface area contributed by atoms with E-state index in [9.17, 15) is 9.59 Å². The number of piperidine rings is 1. The third-order valence-electron chi connectivity index (χ3n) is 5.16. The minimum Gasteiger partial charge on any atom is -0.493 e. The van der Waals surface area contributed by atoms with E-state index in [4.69, 9.17) is 22.1 Å². The van der Waals surface area contributed by atoms with Crippen LogP contribution in [0.25, 0.3) is 0 Å². The van der Waals surface area contributed by atoms with Gasteiger partial charge in [0.1, 0.15) is 5.75 Å². The Hall–Kier alpha value is -2.60. The van der Waals surface area contributed by atoms with Crippen molar-refractivity contribution >= 4 is 23.4 Å². The molecule has 6 nitrogen and oxygen atoms in total. The van der Waals surface area contributed by atoms with E-state index >= 15 is 0 Å². The van der Waals surface area contributed by atoms with Gasteiger partial charge < -0.3 is 15.4 Å². The van der Waals surface area contributed by atoms with Crippen molar-refractivity contribution in [2.75, 3.05) is 19.7 Å². The summed E-state index contributed by atoms with van der Waals surface area (Å²) in [5.41, 5.74) is 6.55. The number of halogens is 1. The Labute approximate surface area is 169 Å². The Bertz CT molecular complexity index is 846. The van der Waals surface area contributed by atoms with E-state index in [1.54, 1.807) is 29.3 Å². The number of pyridine rings is 1. The Kier molecular flexibility index (Phi) is 6.19. The highest BCUT2D eigenvalue weighted by Gasteiger charge is 2.38. The molecule has 2 aromatic rings. The molecular formula is C21H24ClN3O3. The van der Waals surface area contributed by atoms with Crippen molar-refractivity contribution in [3.05, 3.63) is 58.9 Å². The molecule has 28 heavy (non-hydrogen) atoms. The van der Waals surface area contributed by atoms with Crippen LogP contribution >= 0.6 is 11.6 Å². The summed E-state index contributed by atoms with van der Waals surface area (Å²) in [6.07, 6.45) is 3.11. The summed E-state index contributed by atoms with van der Waals surface area (Å²) in [6, 6.07) is 10.8. The highest BCUT2D eigenvalue weighted by atomic mass is 35.5. The van der Waals surface area contributed by atoms with Gasteiger partial charge >= 0.3 is 0 Å². The Morgan fingerprint density at radius 1 is 1.25 bits per heavy atom. The number of aryl methyl sites for hydroxylation is 1. The topological polar surface area (TPSA) is 85.5 Å². The lowest BCUT2D eigenvalue weighted by molar-refractivity contribution is -0.121. The van der Waals surface area contributed by atoms with E-state index in [-0.39, 0.29) is 18.2 Å². The SMILES string of the molecule is Cc1ccc(C(=O)N2CCC(COc3cccc(Cl)c3)(CC(N)=O)CC2)cn1. The number of hydrogen-bond donors (Lipinski definition) is 1. The molecule has 0 saturated carbocycles. The van der Waals surface area contributed by atoms with Crippen molar-refractivity contribution in [2.45, 2.75) is 26.2 Å². The van der Waals surface area contributed by atoms with Crippen LogP contribution in [0.1, 0.15) is 35.3 Å². The van der Waals surface area contributed by atoms with Gasteiger partial charge in [-0.05, 0) is 50.1 Å². The van der Waals surface area contributed by atoms with Crippen LogP contribution in [0.3, 0.4) is 0 Å². The van der Waals surface area contributed by atoms with E-state index in [1.165, 1.54) is 0 Å². The second kappa shape index (κ2) is 8.61. The van der Waals surface area contributed by atoms with E-state index in [1.807, 2.05) is 25.1 Å². The van der Waals surface area contributed by atoms with Gasteiger partial charge in [0.25, 0.3) is 5.91 Å². The van der Waals surface area contributed by atoms with Crippen LogP contribution in [-0.4, -0.2) is 41.4 Å². The number of carbonyl (C=O) groups excluding carboxylic acids is 2. The van der Waals surface area contributed by atoms with Crippen molar-refractivity contribution in [3.63, 3.8) is 0 Å². The zero-order valence-electron chi connectivity index (χ0n) is 15.9. The first-order chi connectivity index (χ1) is 13.4. The van der Waals surface area contributed by atoms with Crippen LogP contribution in [0, 0.1) is 12.3 Å². The average molecular weight is 402 g/mol. The minimum absolute atomic E-state index is 0.0454. The first-order valence-corrected chi connectivity index (χ1v) is 9.63. The van der Waals surface area contributed by atoms with Gasteiger partial charge in [-0.15, -0.1) is 0 Å². The molecule has 1 saturated heterocycles. The molecule has 0 bridgehead atoms. The van der Waals surface area contributed by atoms with Gasteiger partial charge in [-0.1, -0.05) is 17.7 Å². The number of ether oxygens (including phenoxy) is 1. The van der Waals surface area contributed by atoms with Crippen LogP contribution in [-0.2, 0) is 4.79 Å². The number of primary amides is 1. The molecule has 0 spiro atoms. The van der Waals surface area contributed by atoms with Gasteiger partial charge in [0.15, 0.2) is 0 Å². The van der Waals surface area contributed by atoms with Crippen molar-refractivity contribution in [1.82, 2.24) is 9.88 Å². The predicted octanol–water partition coefficient (Wildman–Crippen LogP) is 3.22. The molecule has 1 aromatic heterocycles. The van der Waals surface area contributed by atoms with Crippen molar-refractivity contribution in [1.29, 1.82) is 0 Å². The molecule has 1 aliphatic heterocycles. The van der Waals surface area contributed by atoms with Crippen LogP contribution in [0.4, 0.5) is 0 Å². The lowest BCUT2D eigenvalue weighted by Crippen LogP contribution is -2.47. The molecule has 2 heterocycles. The lowest BCUT2D eigenvalue weighted by atomic mass is 9.76. The summed E-state index contributed by atoms with van der Waals surface area (Å²) >= 11 is 6.00. The molecule has 2 N–H and O–H groups in total. The maximum Gasteiger partial charge on any atom is 0.255 e. The quantitative estimate of drug-likeness (QED) is 0.805. The van der Waals surface area contributed by atoms with Crippen LogP contribution in [0.5, 0.6) is 5.75 Å². The average Bonchev–Trinajstić information content (AvgIpc) is 2.67. The number of rotatable bonds is 6. The minimum atomic E-state index is -0.392. The highest BCUT2D eigenvalue weighted by molar-refractivity contribution is 6.30. The first-order valence-electron chi connectivity index (χ1n) is 9.26. The van der Waals surface area contributed by atoms with E-state index < -0.39 is 5.41 Å². The molecule has 7 heteroatoms. The molecule has 148 valence electrons. The molecule has 0 unspecified atom stereocenters. The fourth-order valence-electron chi connectivity index (χ4n) is 3.50.